The van der Waals surface area contributed by atoms with Crippen LogP contribution in [0.5, 0.6) is 11.5 Å². The molecule has 0 aromatic heterocycles. The van der Waals surface area contributed by atoms with Crippen LogP contribution in [-0.4, -0.2) is 38.2 Å². The summed E-state index contributed by atoms with van der Waals surface area (Å²) in [5, 5.41) is 2.73. The average molecular weight is 367 g/mol. The predicted molar refractivity (Wildman–Crippen MR) is 101 cm³/mol. The van der Waals surface area contributed by atoms with Crippen molar-refractivity contribution < 1.29 is 23.8 Å². The largest absolute Gasteiger partial charge is 0.486 e. The van der Waals surface area contributed by atoms with Gasteiger partial charge in [-0.15, -0.1) is 0 Å². The Morgan fingerprint density at radius 3 is 2.63 bits per heavy atom. The van der Waals surface area contributed by atoms with Gasteiger partial charge < -0.3 is 19.5 Å². The highest BCUT2D eigenvalue weighted by molar-refractivity contribution is 5.89. The van der Waals surface area contributed by atoms with Gasteiger partial charge in [0, 0.05) is 12.6 Å². The van der Waals surface area contributed by atoms with Crippen molar-refractivity contribution >= 4 is 18.0 Å². The Bertz CT molecular complexity index is 817. The minimum Gasteiger partial charge on any atom is -0.486 e. The minimum absolute atomic E-state index is 0.306. The van der Waals surface area contributed by atoms with Crippen LogP contribution in [0.4, 0.5) is 0 Å². The number of hydrogen-bond acceptors (Lipinski definition) is 5. The lowest BCUT2D eigenvalue weighted by atomic mass is 10.1. The fourth-order valence-corrected chi connectivity index (χ4v) is 2.55. The van der Waals surface area contributed by atoms with Crippen LogP contribution in [0.3, 0.4) is 0 Å². The maximum absolute atomic E-state index is 11.8. The SMILES string of the molecule is O=C(COC(=O)/C=C/c1ccccc1)NCCc1ccc2c(c1)OCCO2. The third kappa shape index (κ3) is 5.88. The van der Waals surface area contributed by atoms with Gasteiger partial charge in [0.05, 0.1) is 0 Å². The second-order valence-electron chi connectivity index (χ2n) is 5.93. The molecule has 0 fully saturated rings. The number of benzene rings is 2. The Morgan fingerprint density at radius 1 is 1.04 bits per heavy atom. The van der Waals surface area contributed by atoms with Crippen LogP contribution in [0.1, 0.15) is 11.1 Å². The Balaban J connectivity index is 1.36. The second-order valence-corrected chi connectivity index (χ2v) is 5.93. The Hall–Kier alpha value is -3.28. The Kier molecular flexibility index (Phi) is 6.46. The van der Waals surface area contributed by atoms with E-state index in [1.165, 1.54) is 6.08 Å². The summed E-state index contributed by atoms with van der Waals surface area (Å²) in [5.74, 6) is 0.573. The van der Waals surface area contributed by atoms with Gasteiger partial charge in [-0.3, -0.25) is 4.79 Å². The standard InChI is InChI=1S/C21H21NO5/c23-20(15-27-21(24)9-7-16-4-2-1-3-5-16)22-11-10-17-6-8-18-19(14-17)26-13-12-25-18/h1-9,14H,10-13,15H2,(H,22,23)/b9-7+. The molecule has 140 valence electrons. The van der Waals surface area contributed by atoms with Gasteiger partial charge in [0.15, 0.2) is 18.1 Å². The summed E-state index contributed by atoms with van der Waals surface area (Å²) in [7, 11) is 0. The molecule has 0 saturated heterocycles. The summed E-state index contributed by atoms with van der Waals surface area (Å²) < 4.78 is 15.9. The second kappa shape index (κ2) is 9.43. The highest BCUT2D eigenvalue weighted by atomic mass is 16.6. The van der Waals surface area contributed by atoms with E-state index in [2.05, 4.69) is 5.32 Å². The molecule has 6 nitrogen and oxygen atoms in total. The van der Waals surface area contributed by atoms with Crippen LogP contribution in [0, 0.1) is 0 Å². The number of ether oxygens (including phenoxy) is 3. The maximum atomic E-state index is 11.8. The van der Waals surface area contributed by atoms with Gasteiger partial charge >= 0.3 is 5.97 Å². The summed E-state index contributed by atoms with van der Waals surface area (Å²) in [6.45, 7) is 1.23. The molecule has 27 heavy (non-hydrogen) atoms. The number of nitrogens with one attached hydrogen (secondary N) is 1. The van der Waals surface area contributed by atoms with Crippen molar-refractivity contribution in [3.8, 4) is 11.5 Å². The maximum Gasteiger partial charge on any atom is 0.331 e. The van der Waals surface area contributed by atoms with Crippen LogP contribution in [0.25, 0.3) is 6.08 Å². The Labute approximate surface area is 157 Å². The first-order chi connectivity index (χ1) is 13.2. The molecule has 0 radical (unpaired) electrons. The predicted octanol–water partition coefficient (Wildman–Crippen LogP) is 2.37. The van der Waals surface area contributed by atoms with E-state index in [-0.39, 0.29) is 12.5 Å². The minimum atomic E-state index is -0.555. The Morgan fingerprint density at radius 2 is 1.81 bits per heavy atom. The molecule has 1 aliphatic heterocycles. The lowest BCUT2D eigenvalue weighted by Gasteiger charge is -2.18. The number of fused-ring (bicyclic) bond motifs is 1. The van der Waals surface area contributed by atoms with E-state index in [0.29, 0.717) is 26.2 Å². The van der Waals surface area contributed by atoms with Crippen molar-refractivity contribution in [2.24, 2.45) is 0 Å². The molecule has 1 amide bonds. The monoisotopic (exact) mass is 367 g/mol. The molecular formula is C21H21NO5. The number of carbonyl (C=O) groups excluding carboxylic acids is 2. The number of carbonyl (C=O) groups is 2. The van der Waals surface area contributed by atoms with Crippen LogP contribution < -0.4 is 14.8 Å². The summed E-state index contributed by atoms with van der Waals surface area (Å²) in [5.41, 5.74) is 1.92. The highest BCUT2D eigenvalue weighted by Crippen LogP contribution is 2.30. The summed E-state index contributed by atoms with van der Waals surface area (Å²) in [4.78, 5) is 23.4. The van der Waals surface area contributed by atoms with E-state index < -0.39 is 5.97 Å². The van der Waals surface area contributed by atoms with E-state index in [1.54, 1.807) is 6.08 Å². The van der Waals surface area contributed by atoms with Gasteiger partial charge in [-0.1, -0.05) is 36.4 Å². The molecule has 0 aliphatic carbocycles. The first-order valence-corrected chi connectivity index (χ1v) is 8.76. The molecule has 1 aliphatic rings. The molecule has 2 aromatic carbocycles. The van der Waals surface area contributed by atoms with E-state index >= 15 is 0 Å². The molecule has 1 heterocycles. The zero-order chi connectivity index (χ0) is 18.9. The number of hydrogen-bond donors (Lipinski definition) is 1. The lowest BCUT2D eigenvalue weighted by molar-refractivity contribution is -0.143. The quantitative estimate of drug-likeness (QED) is 0.601. The van der Waals surface area contributed by atoms with Gasteiger partial charge in [-0.2, -0.15) is 0 Å². The molecular weight excluding hydrogens is 346 g/mol. The van der Waals surface area contributed by atoms with Crippen molar-refractivity contribution in [1.82, 2.24) is 5.32 Å². The summed E-state index contributed by atoms with van der Waals surface area (Å²) in [6, 6.07) is 15.1. The van der Waals surface area contributed by atoms with Crippen LogP contribution in [0.2, 0.25) is 0 Å². The van der Waals surface area contributed by atoms with Gasteiger partial charge in [0.1, 0.15) is 13.2 Å². The molecule has 0 bridgehead atoms. The van der Waals surface area contributed by atoms with Gasteiger partial charge in [0.2, 0.25) is 0 Å². The topological polar surface area (TPSA) is 73.9 Å². The third-order valence-corrected chi connectivity index (χ3v) is 3.90. The zero-order valence-corrected chi connectivity index (χ0v) is 14.9. The van der Waals surface area contributed by atoms with Crippen molar-refractivity contribution in [2.75, 3.05) is 26.4 Å². The van der Waals surface area contributed by atoms with Crippen molar-refractivity contribution in [3.63, 3.8) is 0 Å². The van der Waals surface area contributed by atoms with E-state index in [9.17, 15) is 9.59 Å². The van der Waals surface area contributed by atoms with Crippen molar-refractivity contribution in [1.29, 1.82) is 0 Å². The van der Waals surface area contributed by atoms with E-state index in [0.717, 1.165) is 22.6 Å². The van der Waals surface area contributed by atoms with Crippen LogP contribution in [-0.2, 0) is 20.7 Å². The smallest absolute Gasteiger partial charge is 0.331 e. The van der Waals surface area contributed by atoms with Crippen molar-refractivity contribution in [2.45, 2.75) is 6.42 Å². The molecule has 0 atom stereocenters. The molecule has 2 aromatic rings. The number of rotatable bonds is 7. The molecule has 0 saturated carbocycles. The van der Waals surface area contributed by atoms with Gasteiger partial charge in [-0.25, -0.2) is 4.79 Å². The van der Waals surface area contributed by atoms with E-state index in [4.69, 9.17) is 14.2 Å². The molecule has 1 N–H and O–H groups in total. The fraction of sp³-hybridized carbons (Fsp3) is 0.238. The fourth-order valence-electron chi connectivity index (χ4n) is 2.55. The third-order valence-electron chi connectivity index (χ3n) is 3.90. The number of amides is 1. The highest BCUT2D eigenvalue weighted by Gasteiger charge is 2.11. The van der Waals surface area contributed by atoms with Gasteiger partial charge in [-0.05, 0) is 35.8 Å². The molecule has 0 unspecified atom stereocenters. The molecule has 6 heteroatoms. The van der Waals surface area contributed by atoms with Crippen molar-refractivity contribution in [3.05, 3.63) is 65.7 Å². The normalized spacial score (nSPS) is 12.6. The van der Waals surface area contributed by atoms with Crippen LogP contribution in [0.15, 0.2) is 54.6 Å². The summed E-state index contributed by atoms with van der Waals surface area (Å²) in [6.07, 6.45) is 3.59. The van der Waals surface area contributed by atoms with E-state index in [1.807, 2.05) is 48.5 Å². The van der Waals surface area contributed by atoms with Gasteiger partial charge in [0.25, 0.3) is 5.91 Å². The lowest BCUT2D eigenvalue weighted by Crippen LogP contribution is -2.30. The van der Waals surface area contributed by atoms with Crippen LogP contribution >= 0.6 is 0 Å². The average Bonchev–Trinajstić information content (AvgIpc) is 2.71. The molecule has 0 spiro atoms. The first-order valence-electron chi connectivity index (χ1n) is 8.76. The first kappa shape index (κ1) is 18.5. The summed E-state index contributed by atoms with van der Waals surface area (Å²) >= 11 is 0. The number of esters is 1. The molecule has 3 rings (SSSR count). The zero-order valence-electron chi connectivity index (χ0n) is 14.9.